The average molecular weight is 463 g/mol. The molecular formula is C25H26N4O3S. The van der Waals surface area contributed by atoms with Gasteiger partial charge in [0.15, 0.2) is 15.7 Å². The van der Waals surface area contributed by atoms with Crippen molar-refractivity contribution in [1.82, 2.24) is 14.9 Å². The summed E-state index contributed by atoms with van der Waals surface area (Å²) >= 11 is 0. The molecular weight excluding hydrogens is 436 g/mol. The van der Waals surface area contributed by atoms with Gasteiger partial charge in [0.2, 0.25) is 0 Å². The first kappa shape index (κ1) is 21.6. The molecule has 2 amide bonds. The lowest BCUT2D eigenvalue weighted by Crippen LogP contribution is -2.46. The van der Waals surface area contributed by atoms with E-state index in [0.29, 0.717) is 25.3 Å². The van der Waals surface area contributed by atoms with Gasteiger partial charge in [-0.15, -0.1) is 0 Å². The van der Waals surface area contributed by atoms with Crippen molar-refractivity contribution >= 4 is 21.7 Å². The largest absolute Gasteiger partial charge is 0.324 e. The van der Waals surface area contributed by atoms with Gasteiger partial charge in [-0.2, -0.15) is 0 Å². The third-order valence-corrected chi connectivity index (χ3v) is 8.39. The Morgan fingerprint density at radius 2 is 1.70 bits per heavy atom. The van der Waals surface area contributed by atoms with Crippen molar-refractivity contribution in [2.45, 2.75) is 29.9 Å². The molecule has 1 aliphatic heterocycles. The van der Waals surface area contributed by atoms with Gasteiger partial charge < -0.3 is 4.90 Å². The van der Waals surface area contributed by atoms with Crippen molar-refractivity contribution in [3.63, 3.8) is 0 Å². The number of anilines is 1. The fourth-order valence-corrected chi connectivity index (χ4v) is 6.46. The Morgan fingerprint density at radius 3 is 2.36 bits per heavy atom. The predicted octanol–water partition coefficient (Wildman–Crippen LogP) is 4.20. The monoisotopic (exact) mass is 462 g/mol. The van der Waals surface area contributed by atoms with Crippen molar-refractivity contribution in [1.29, 1.82) is 0 Å². The van der Waals surface area contributed by atoms with Crippen LogP contribution in [0.1, 0.15) is 35.6 Å². The Kier molecular flexibility index (Phi) is 5.40. The molecule has 0 bridgehead atoms. The minimum absolute atomic E-state index is 0.196. The Balaban J connectivity index is 1.26. The number of piperidine rings is 1. The predicted molar refractivity (Wildman–Crippen MR) is 128 cm³/mol. The second-order valence-corrected chi connectivity index (χ2v) is 11.2. The zero-order chi connectivity index (χ0) is 23.1. The van der Waals surface area contributed by atoms with Gasteiger partial charge in [-0.3, -0.25) is 10.3 Å². The molecule has 5 rings (SSSR count). The highest BCUT2D eigenvalue weighted by Gasteiger charge is 2.48. The van der Waals surface area contributed by atoms with Crippen LogP contribution in [0, 0.1) is 0 Å². The van der Waals surface area contributed by atoms with Crippen molar-refractivity contribution < 1.29 is 13.2 Å². The maximum atomic E-state index is 12.8. The van der Waals surface area contributed by atoms with Crippen LogP contribution in [0.5, 0.6) is 0 Å². The van der Waals surface area contributed by atoms with Gasteiger partial charge in [0.25, 0.3) is 0 Å². The quantitative estimate of drug-likeness (QED) is 0.630. The maximum absolute atomic E-state index is 12.8. The minimum Gasteiger partial charge on any atom is -0.324 e. The van der Waals surface area contributed by atoms with Crippen molar-refractivity contribution in [3.05, 3.63) is 78.1 Å². The number of hydrogen-bond donors (Lipinski definition) is 1. The SMILES string of the molecule is CS(=O)(=O)C1CC2(CCN(C(=O)Nc3cnc(-c4ccccc4)cn3)CC2)c2ccccc21. The summed E-state index contributed by atoms with van der Waals surface area (Å²) in [6.07, 6.45) is 6.60. The lowest BCUT2D eigenvalue weighted by molar-refractivity contribution is 0.167. The van der Waals surface area contributed by atoms with E-state index in [-0.39, 0.29) is 11.4 Å². The van der Waals surface area contributed by atoms with E-state index in [9.17, 15) is 13.2 Å². The number of carbonyl (C=O) groups excluding carboxylic acids is 1. The number of urea groups is 1. The number of likely N-dealkylation sites (tertiary alicyclic amines) is 1. The zero-order valence-electron chi connectivity index (χ0n) is 18.4. The van der Waals surface area contributed by atoms with Crippen molar-refractivity contribution in [3.8, 4) is 11.3 Å². The van der Waals surface area contributed by atoms with Crippen LogP contribution >= 0.6 is 0 Å². The number of sulfone groups is 1. The van der Waals surface area contributed by atoms with Gasteiger partial charge in [0.1, 0.15) is 0 Å². The summed E-state index contributed by atoms with van der Waals surface area (Å²) in [5, 5.41) is 2.37. The molecule has 7 nitrogen and oxygen atoms in total. The normalized spacial score (nSPS) is 19.3. The molecule has 1 aliphatic carbocycles. The van der Waals surface area contributed by atoms with E-state index in [0.717, 1.165) is 35.2 Å². The van der Waals surface area contributed by atoms with E-state index in [1.165, 1.54) is 6.26 Å². The van der Waals surface area contributed by atoms with Crippen LogP contribution in [0.15, 0.2) is 67.0 Å². The summed E-state index contributed by atoms with van der Waals surface area (Å²) in [4.78, 5) is 23.4. The molecule has 1 unspecified atom stereocenters. The summed E-state index contributed by atoms with van der Waals surface area (Å²) in [6, 6.07) is 17.4. The van der Waals surface area contributed by atoms with Gasteiger partial charge in [0.05, 0.1) is 23.3 Å². The molecule has 1 atom stereocenters. The molecule has 1 spiro atoms. The Morgan fingerprint density at radius 1 is 1.00 bits per heavy atom. The molecule has 1 fully saturated rings. The molecule has 33 heavy (non-hydrogen) atoms. The van der Waals surface area contributed by atoms with Crippen molar-refractivity contribution in [2.24, 2.45) is 0 Å². The minimum atomic E-state index is -3.19. The van der Waals surface area contributed by atoms with Crippen LogP contribution in [0.3, 0.4) is 0 Å². The third kappa shape index (κ3) is 4.11. The van der Waals surface area contributed by atoms with Crippen LogP contribution in [-0.4, -0.2) is 48.7 Å². The first-order valence-corrected chi connectivity index (χ1v) is 13.0. The molecule has 1 saturated heterocycles. The standard InChI is InChI=1S/C25H26N4O3S/c1-33(31,32)22-15-25(20-10-6-5-9-19(20)22)11-13-29(14-12-25)24(30)28-23-17-26-21(16-27-23)18-7-3-2-4-8-18/h2-10,16-17,22H,11-15H2,1H3,(H,27,28,30). The summed E-state index contributed by atoms with van der Waals surface area (Å²) in [5.74, 6) is 0.406. The number of benzene rings is 2. The fourth-order valence-electron chi connectivity index (χ4n) is 5.17. The molecule has 2 aromatic carbocycles. The van der Waals surface area contributed by atoms with Gasteiger partial charge in [0, 0.05) is 30.3 Å². The number of nitrogens with one attached hydrogen (secondary N) is 1. The van der Waals surface area contributed by atoms with Gasteiger partial charge in [-0.05, 0) is 30.4 Å². The summed E-state index contributed by atoms with van der Waals surface area (Å²) in [7, 11) is -3.19. The number of amides is 2. The van der Waals surface area contributed by atoms with Gasteiger partial charge >= 0.3 is 6.03 Å². The number of carbonyl (C=O) groups is 1. The fraction of sp³-hybridized carbons (Fsp3) is 0.320. The van der Waals surface area contributed by atoms with Crippen LogP contribution in [0.25, 0.3) is 11.3 Å². The molecule has 1 aromatic heterocycles. The van der Waals surface area contributed by atoms with Crippen LogP contribution in [-0.2, 0) is 15.3 Å². The third-order valence-electron chi connectivity index (χ3n) is 6.94. The Bertz CT molecular complexity index is 1270. The highest BCUT2D eigenvalue weighted by atomic mass is 32.2. The average Bonchev–Trinajstić information content (AvgIpc) is 3.15. The topological polar surface area (TPSA) is 92.3 Å². The van der Waals surface area contributed by atoms with Gasteiger partial charge in [-0.25, -0.2) is 18.2 Å². The highest BCUT2D eigenvalue weighted by molar-refractivity contribution is 7.90. The van der Waals surface area contributed by atoms with E-state index in [4.69, 9.17) is 0 Å². The molecule has 0 radical (unpaired) electrons. The van der Waals surface area contributed by atoms with Crippen LogP contribution < -0.4 is 5.32 Å². The number of hydrogen-bond acceptors (Lipinski definition) is 5. The molecule has 2 heterocycles. The first-order chi connectivity index (χ1) is 15.9. The second-order valence-electron chi connectivity index (χ2n) is 8.96. The maximum Gasteiger partial charge on any atom is 0.323 e. The zero-order valence-corrected chi connectivity index (χ0v) is 19.3. The van der Waals surface area contributed by atoms with E-state index >= 15 is 0 Å². The molecule has 0 saturated carbocycles. The summed E-state index contributed by atoms with van der Waals surface area (Å²) in [6.45, 7) is 1.12. The van der Waals surface area contributed by atoms with E-state index < -0.39 is 15.1 Å². The number of nitrogens with zero attached hydrogens (tertiary/aromatic N) is 3. The van der Waals surface area contributed by atoms with E-state index in [1.807, 2.05) is 48.5 Å². The van der Waals surface area contributed by atoms with Crippen LogP contribution in [0.4, 0.5) is 10.6 Å². The second kappa shape index (κ2) is 8.26. The summed E-state index contributed by atoms with van der Waals surface area (Å²) < 4.78 is 24.9. The molecule has 8 heteroatoms. The van der Waals surface area contributed by atoms with E-state index in [1.54, 1.807) is 17.3 Å². The molecule has 2 aliphatic rings. The smallest absolute Gasteiger partial charge is 0.323 e. The Hall–Kier alpha value is -3.26. The highest BCUT2D eigenvalue weighted by Crippen LogP contribution is 2.53. The molecule has 1 N–H and O–H groups in total. The van der Waals surface area contributed by atoms with Crippen LogP contribution in [0.2, 0.25) is 0 Å². The number of rotatable bonds is 3. The van der Waals surface area contributed by atoms with Gasteiger partial charge in [-0.1, -0.05) is 54.6 Å². The number of aromatic nitrogens is 2. The number of fused-ring (bicyclic) bond motifs is 2. The Labute approximate surface area is 193 Å². The lowest BCUT2D eigenvalue weighted by atomic mass is 9.74. The lowest BCUT2D eigenvalue weighted by Gasteiger charge is -2.40. The summed E-state index contributed by atoms with van der Waals surface area (Å²) in [5.41, 5.74) is 3.56. The van der Waals surface area contributed by atoms with E-state index in [2.05, 4.69) is 21.4 Å². The molecule has 3 aromatic rings. The van der Waals surface area contributed by atoms with Crippen molar-refractivity contribution in [2.75, 3.05) is 24.7 Å². The molecule has 170 valence electrons. The first-order valence-electron chi connectivity index (χ1n) is 11.1.